The molecule has 0 spiro atoms. The number of carbonyl (C=O) groups is 2. The molecular weight excluding hydrogens is 394 g/mol. The molecule has 3 aromatic carbocycles. The summed E-state index contributed by atoms with van der Waals surface area (Å²) in [4.78, 5) is 25.9. The highest BCUT2D eigenvalue weighted by Gasteiger charge is 2.41. The number of amides is 1. The van der Waals surface area contributed by atoms with Crippen LogP contribution in [0.5, 0.6) is 5.75 Å². The fourth-order valence-electron chi connectivity index (χ4n) is 3.82. The van der Waals surface area contributed by atoms with Crippen LogP contribution in [0, 0.1) is 0 Å². The molecule has 0 bridgehead atoms. The molecular formula is C25H21NO5. The maximum atomic E-state index is 13.1. The highest BCUT2D eigenvalue weighted by atomic mass is 16.5. The average Bonchev–Trinajstić information content (AvgIpc) is 3.05. The molecule has 0 saturated heterocycles. The van der Waals surface area contributed by atoms with Gasteiger partial charge in [-0.3, -0.25) is 4.79 Å². The van der Waals surface area contributed by atoms with E-state index in [1.54, 1.807) is 48.4 Å². The van der Waals surface area contributed by atoms with E-state index >= 15 is 0 Å². The number of carbonyl (C=O) groups excluding carboxylic acids is 1. The molecule has 31 heavy (non-hydrogen) atoms. The summed E-state index contributed by atoms with van der Waals surface area (Å²) in [7, 11) is 1.57. The first-order chi connectivity index (χ1) is 15.0. The van der Waals surface area contributed by atoms with Gasteiger partial charge in [-0.1, -0.05) is 54.6 Å². The summed E-state index contributed by atoms with van der Waals surface area (Å²) in [5.74, 6) is -1.14. The van der Waals surface area contributed by atoms with Gasteiger partial charge in [0.05, 0.1) is 18.7 Å². The van der Waals surface area contributed by atoms with E-state index in [2.05, 4.69) is 0 Å². The summed E-state index contributed by atoms with van der Waals surface area (Å²) in [6.07, 6.45) is 0. The number of rotatable bonds is 6. The Morgan fingerprint density at radius 3 is 2.19 bits per heavy atom. The zero-order chi connectivity index (χ0) is 22.0. The number of aliphatic hydroxyl groups excluding tert-OH is 1. The number of aromatic carboxylic acids is 1. The third kappa shape index (κ3) is 3.88. The van der Waals surface area contributed by atoms with Crippen LogP contribution in [0.2, 0.25) is 0 Å². The summed E-state index contributed by atoms with van der Waals surface area (Å²) < 4.78 is 5.22. The van der Waals surface area contributed by atoms with Crippen molar-refractivity contribution in [2.75, 3.05) is 7.11 Å². The van der Waals surface area contributed by atoms with Crippen molar-refractivity contribution in [1.82, 2.24) is 4.90 Å². The molecule has 156 valence electrons. The van der Waals surface area contributed by atoms with E-state index in [1.165, 1.54) is 12.1 Å². The molecule has 1 aliphatic heterocycles. The van der Waals surface area contributed by atoms with Gasteiger partial charge in [-0.05, 0) is 41.0 Å². The molecule has 0 radical (unpaired) electrons. The lowest BCUT2D eigenvalue weighted by molar-refractivity contribution is -0.130. The topological polar surface area (TPSA) is 87.1 Å². The van der Waals surface area contributed by atoms with E-state index in [0.717, 1.165) is 5.56 Å². The van der Waals surface area contributed by atoms with Crippen LogP contribution in [0.1, 0.15) is 33.1 Å². The van der Waals surface area contributed by atoms with E-state index in [4.69, 9.17) is 4.74 Å². The fourth-order valence-corrected chi connectivity index (χ4v) is 3.82. The Morgan fingerprint density at radius 2 is 1.61 bits per heavy atom. The number of hydrogen-bond acceptors (Lipinski definition) is 4. The van der Waals surface area contributed by atoms with Crippen molar-refractivity contribution in [3.63, 3.8) is 0 Å². The van der Waals surface area contributed by atoms with Crippen LogP contribution in [0.3, 0.4) is 0 Å². The van der Waals surface area contributed by atoms with Crippen molar-refractivity contribution in [2.45, 2.75) is 12.6 Å². The second kappa shape index (κ2) is 8.36. The lowest BCUT2D eigenvalue weighted by Crippen LogP contribution is -2.29. The average molecular weight is 415 g/mol. The van der Waals surface area contributed by atoms with Gasteiger partial charge < -0.3 is 19.8 Å². The van der Waals surface area contributed by atoms with E-state index in [-0.39, 0.29) is 11.3 Å². The number of benzene rings is 3. The lowest BCUT2D eigenvalue weighted by atomic mass is 9.92. The first-order valence-electron chi connectivity index (χ1n) is 9.75. The third-order valence-corrected chi connectivity index (χ3v) is 5.37. The third-order valence-electron chi connectivity index (χ3n) is 5.37. The monoisotopic (exact) mass is 415 g/mol. The van der Waals surface area contributed by atoms with Crippen LogP contribution in [0.4, 0.5) is 0 Å². The molecule has 0 fully saturated rings. The highest BCUT2D eigenvalue weighted by molar-refractivity contribution is 6.05. The maximum absolute atomic E-state index is 13.1. The molecule has 1 atom stereocenters. The molecule has 1 aliphatic rings. The Bertz CT molecular complexity index is 1130. The Hall–Kier alpha value is -4.06. The van der Waals surface area contributed by atoms with Gasteiger partial charge in [0.1, 0.15) is 5.75 Å². The first kappa shape index (κ1) is 20.2. The van der Waals surface area contributed by atoms with E-state index in [9.17, 15) is 19.8 Å². The van der Waals surface area contributed by atoms with Crippen LogP contribution < -0.4 is 4.74 Å². The minimum absolute atomic E-state index is 0.155. The Labute approximate surface area is 179 Å². The number of carboxylic acid groups (broad SMARTS) is 1. The number of carboxylic acids is 1. The van der Waals surface area contributed by atoms with Crippen LogP contribution >= 0.6 is 0 Å². The van der Waals surface area contributed by atoms with Gasteiger partial charge in [0.15, 0.2) is 5.76 Å². The Kier molecular flexibility index (Phi) is 5.45. The molecule has 3 aromatic rings. The molecule has 0 aromatic heterocycles. The summed E-state index contributed by atoms with van der Waals surface area (Å²) in [5.41, 5.74) is 2.96. The molecule has 0 aliphatic carbocycles. The molecule has 2 N–H and O–H groups in total. The van der Waals surface area contributed by atoms with Crippen LogP contribution in [-0.4, -0.2) is 34.1 Å². The van der Waals surface area contributed by atoms with Gasteiger partial charge >= 0.3 is 5.97 Å². The molecule has 0 unspecified atom stereocenters. The maximum Gasteiger partial charge on any atom is 0.335 e. The molecule has 1 amide bonds. The van der Waals surface area contributed by atoms with E-state index in [1.807, 2.05) is 30.3 Å². The SMILES string of the molecule is COc1ccc(C2=C(O)C(=O)N(Cc3ccccc3)[C@H]2c2ccc(C(=O)O)cc2)cc1. The van der Waals surface area contributed by atoms with Crippen molar-refractivity contribution in [3.05, 3.63) is 107 Å². The second-order valence-corrected chi connectivity index (χ2v) is 7.24. The highest BCUT2D eigenvalue weighted by Crippen LogP contribution is 2.44. The van der Waals surface area contributed by atoms with Crippen molar-refractivity contribution in [1.29, 1.82) is 0 Å². The zero-order valence-electron chi connectivity index (χ0n) is 16.9. The van der Waals surface area contributed by atoms with Gasteiger partial charge in [0.25, 0.3) is 5.91 Å². The predicted molar refractivity (Wildman–Crippen MR) is 116 cm³/mol. The quantitative estimate of drug-likeness (QED) is 0.621. The molecule has 1 heterocycles. The van der Waals surface area contributed by atoms with Crippen molar-refractivity contribution in [3.8, 4) is 5.75 Å². The second-order valence-electron chi connectivity index (χ2n) is 7.24. The van der Waals surface area contributed by atoms with Crippen LogP contribution in [0.25, 0.3) is 5.57 Å². The first-order valence-corrected chi connectivity index (χ1v) is 9.75. The Balaban J connectivity index is 1.80. The van der Waals surface area contributed by atoms with Gasteiger partial charge in [-0.25, -0.2) is 4.79 Å². The fraction of sp³-hybridized carbons (Fsp3) is 0.120. The van der Waals surface area contributed by atoms with Gasteiger partial charge in [-0.2, -0.15) is 0 Å². The van der Waals surface area contributed by atoms with Crippen molar-refractivity contribution >= 4 is 17.4 Å². The number of hydrogen-bond donors (Lipinski definition) is 2. The number of ether oxygens (including phenoxy) is 1. The van der Waals surface area contributed by atoms with Gasteiger partial charge in [0, 0.05) is 12.1 Å². The zero-order valence-corrected chi connectivity index (χ0v) is 16.9. The van der Waals surface area contributed by atoms with Crippen LogP contribution in [0.15, 0.2) is 84.6 Å². The summed E-state index contributed by atoms with van der Waals surface area (Å²) in [6, 6.07) is 22.4. The lowest BCUT2D eigenvalue weighted by Gasteiger charge is -2.27. The summed E-state index contributed by atoms with van der Waals surface area (Å²) in [6.45, 7) is 0.300. The predicted octanol–water partition coefficient (Wildman–Crippen LogP) is 4.45. The molecule has 6 nitrogen and oxygen atoms in total. The van der Waals surface area contributed by atoms with Gasteiger partial charge in [0.2, 0.25) is 0 Å². The largest absolute Gasteiger partial charge is 0.503 e. The number of methoxy groups -OCH3 is 1. The number of nitrogens with zero attached hydrogens (tertiary/aromatic N) is 1. The molecule has 0 saturated carbocycles. The van der Waals surface area contributed by atoms with Gasteiger partial charge in [-0.15, -0.1) is 0 Å². The summed E-state index contributed by atoms with van der Waals surface area (Å²) in [5, 5.41) is 20.0. The summed E-state index contributed by atoms with van der Waals surface area (Å²) >= 11 is 0. The minimum Gasteiger partial charge on any atom is -0.503 e. The normalized spacial score (nSPS) is 16.0. The number of aliphatic hydroxyl groups is 1. The van der Waals surface area contributed by atoms with Crippen molar-refractivity contribution in [2.24, 2.45) is 0 Å². The van der Waals surface area contributed by atoms with E-state index < -0.39 is 17.9 Å². The molecule has 6 heteroatoms. The van der Waals surface area contributed by atoms with Crippen LogP contribution in [-0.2, 0) is 11.3 Å². The van der Waals surface area contributed by atoms with E-state index in [0.29, 0.717) is 29.0 Å². The van der Waals surface area contributed by atoms with Crippen molar-refractivity contribution < 1.29 is 24.5 Å². The smallest absolute Gasteiger partial charge is 0.335 e. The molecule has 4 rings (SSSR count). The standard InChI is InChI=1S/C25H21NO5/c1-31-20-13-11-17(12-14-20)21-22(18-7-9-19(10-8-18)25(29)30)26(24(28)23(21)27)15-16-5-3-2-4-6-16/h2-14,22,27H,15H2,1H3,(H,29,30)/t22-/m0/s1. The Morgan fingerprint density at radius 1 is 0.968 bits per heavy atom. The minimum atomic E-state index is -1.02.